The molecule has 0 unspecified atom stereocenters. The number of rotatable bonds is 7. The minimum absolute atomic E-state index is 0.188. The zero-order chi connectivity index (χ0) is 20.3. The van der Waals surface area contributed by atoms with E-state index in [0.29, 0.717) is 18.8 Å². The van der Waals surface area contributed by atoms with E-state index in [0.717, 1.165) is 31.6 Å². The second-order valence-electron chi connectivity index (χ2n) is 8.58. The predicted octanol–water partition coefficient (Wildman–Crippen LogP) is 8.01. The molecule has 0 aromatic rings. The van der Waals surface area contributed by atoms with Crippen molar-refractivity contribution < 1.29 is 30.7 Å². The SMILES string of the molecule is CCCCCC1CCC(C2CCC(C(F)(F)C(F)(F)C(F)(F)F)CC2)CC1. The Morgan fingerprint density at radius 2 is 1.15 bits per heavy atom. The van der Waals surface area contributed by atoms with E-state index in [2.05, 4.69) is 6.92 Å². The van der Waals surface area contributed by atoms with Gasteiger partial charge in [0.1, 0.15) is 0 Å². The highest BCUT2D eigenvalue weighted by Crippen LogP contribution is 2.54. The van der Waals surface area contributed by atoms with Gasteiger partial charge in [-0.05, 0) is 56.3 Å². The Labute approximate surface area is 157 Å². The Hall–Kier alpha value is -0.490. The Kier molecular flexibility index (Phi) is 7.51. The zero-order valence-electron chi connectivity index (χ0n) is 15.9. The summed E-state index contributed by atoms with van der Waals surface area (Å²) in [7, 11) is 0. The summed E-state index contributed by atoms with van der Waals surface area (Å²) in [5.41, 5.74) is 0. The quantitative estimate of drug-likeness (QED) is 0.298. The van der Waals surface area contributed by atoms with Gasteiger partial charge in [0.15, 0.2) is 0 Å². The van der Waals surface area contributed by atoms with E-state index in [1.807, 2.05) is 0 Å². The van der Waals surface area contributed by atoms with Crippen molar-refractivity contribution >= 4 is 0 Å². The van der Waals surface area contributed by atoms with Gasteiger partial charge in [-0.25, -0.2) is 0 Å². The first-order valence-electron chi connectivity index (χ1n) is 10.3. The molecule has 0 aromatic heterocycles. The number of hydrogen-bond donors (Lipinski definition) is 0. The van der Waals surface area contributed by atoms with Gasteiger partial charge in [0.05, 0.1) is 0 Å². The molecule has 0 amide bonds. The molecule has 0 spiro atoms. The second-order valence-corrected chi connectivity index (χ2v) is 8.58. The van der Waals surface area contributed by atoms with Gasteiger partial charge in [0.2, 0.25) is 0 Å². The van der Waals surface area contributed by atoms with Crippen molar-refractivity contribution in [1.82, 2.24) is 0 Å². The highest BCUT2D eigenvalue weighted by Gasteiger charge is 2.74. The normalized spacial score (nSPS) is 31.1. The van der Waals surface area contributed by atoms with Gasteiger partial charge in [-0.2, -0.15) is 30.7 Å². The first-order valence-corrected chi connectivity index (χ1v) is 10.3. The third-order valence-corrected chi connectivity index (χ3v) is 6.83. The summed E-state index contributed by atoms with van der Waals surface area (Å²) < 4.78 is 91.4. The molecule has 160 valence electrons. The lowest BCUT2D eigenvalue weighted by atomic mass is 9.67. The lowest BCUT2D eigenvalue weighted by molar-refractivity contribution is -0.367. The molecule has 0 aromatic carbocycles. The standard InChI is InChI=1S/C20H31F7/c1-2-3-4-5-14-6-8-15(9-7-14)16-10-12-17(13-11-16)18(21,22)19(23,24)20(25,26)27/h14-17H,2-13H2,1H3. The van der Waals surface area contributed by atoms with Crippen LogP contribution in [0.4, 0.5) is 30.7 Å². The zero-order valence-corrected chi connectivity index (χ0v) is 15.9. The van der Waals surface area contributed by atoms with E-state index in [-0.39, 0.29) is 18.8 Å². The van der Waals surface area contributed by atoms with Crippen molar-refractivity contribution in [3.05, 3.63) is 0 Å². The van der Waals surface area contributed by atoms with Crippen molar-refractivity contribution in [1.29, 1.82) is 0 Å². The summed E-state index contributed by atoms with van der Waals surface area (Å²) in [5, 5.41) is 0. The van der Waals surface area contributed by atoms with Crippen LogP contribution in [0.5, 0.6) is 0 Å². The maximum atomic E-state index is 13.9. The molecule has 7 heteroatoms. The topological polar surface area (TPSA) is 0 Å². The Balaban J connectivity index is 1.82. The van der Waals surface area contributed by atoms with Gasteiger partial charge in [-0.1, -0.05) is 45.4 Å². The van der Waals surface area contributed by atoms with Crippen molar-refractivity contribution in [3.8, 4) is 0 Å². The fourth-order valence-corrected chi connectivity index (χ4v) is 5.03. The van der Waals surface area contributed by atoms with Gasteiger partial charge in [0, 0.05) is 5.92 Å². The number of halogens is 7. The van der Waals surface area contributed by atoms with Gasteiger partial charge in [-0.3, -0.25) is 0 Å². The molecule has 0 atom stereocenters. The third kappa shape index (κ3) is 5.11. The highest BCUT2D eigenvalue weighted by atomic mass is 19.4. The number of alkyl halides is 7. The van der Waals surface area contributed by atoms with Gasteiger partial charge in [-0.15, -0.1) is 0 Å². The van der Waals surface area contributed by atoms with Crippen molar-refractivity contribution in [2.24, 2.45) is 23.7 Å². The molecule has 0 aliphatic heterocycles. The van der Waals surface area contributed by atoms with Crippen LogP contribution >= 0.6 is 0 Å². The van der Waals surface area contributed by atoms with Crippen molar-refractivity contribution in [2.45, 2.75) is 102 Å². The van der Waals surface area contributed by atoms with Crippen LogP contribution in [0.15, 0.2) is 0 Å². The number of hydrogen-bond acceptors (Lipinski definition) is 0. The molecule has 0 nitrogen and oxygen atoms in total. The molecule has 0 N–H and O–H groups in total. The Morgan fingerprint density at radius 1 is 0.667 bits per heavy atom. The second kappa shape index (κ2) is 8.89. The molecule has 2 rings (SSSR count). The molecule has 2 fully saturated rings. The van der Waals surface area contributed by atoms with E-state index in [4.69, 9.17) is 0 Å². The van der Waals surface area contributed by atoms with Crippen LogP contribution in [-0.4, -0.2) is 18.0 Å². The van der Waals surface area contributed by atoms with Crippen LogP contribution in [0.1, 0.15) is 84.0 Å². The minimum atomic E-state index is -6.22. The molecular weight excluding hydrogens is 373 g/mol. The molecule has 0 saturated heterocycles. The molecule has 2 saturated carbocycles. The van der Waals surface area contributed by atoms with E-state index in [1.54, 1.807) is 0 Å². The predicted molar refractivity (Wildman–Crippen MR) is 91.0 cm³/mol. The molecular formula is C20H31F7. The van der Waals surface area contributed by atoms with Crippen LogP contribution < -0.4 is 0 Å². The summed E-state index contributed by atoms with van der Waals surface area (Å²) in [5.74, 6) is -11.6. The van der Waals surface area contributed by atoms with Crippen LogP contribution in [0, 0.1) is 23.7 Å². The largest absolute Gasteiger partial charge is 0.459 e. The van der Waals surface area contributed by atoms with Crippen LogP contribution in [0.25, 0.3) is 0 Å². The van der Waals surface area contributed by atoms with Crippen LogP contribution in [-0.2, 0) is 0 Å². The highest BCUT2D eigenvalue weighted by molar-refractivity contribution is 4.97. The summed E-state index contributed by atoms with van der Waals surface area (Å²) in [4.78, 5) is 0. The first-order chi connectivity index (χ1) is 12.5. The van der Waals surface area contributed by atoms with Crippen LogP contribution in [0.3, 0.4) is 0 Å². The van der Waals surface area contributed by atoms with Crippen molar-refractivity contribution in [2.75, 3.05) is 0 Å². The van der Waals surface area contributed by atoms with Gasteiger partial charge >= 0.3 is 18.0 Å². The van der Waals surface area contributed by atoms with E-state index >= 15 is 0 Å². The molecule has 2 aliphatic carbocycles. The lowest BCUT2D eigenvalue weighted by Crippen LogP contribution is -2.56. The third-order valence-electron chi connectivity index (χ3n) is 6.83. The lowest BCUT2D eigenvalue weighted by Gasteiger charge is -2.41. The number of unbranched alkanes of at least 4 members (excludes halogenated alkanes) is 2. The monoisotopic (exact) mass is 404 g/mol. The van der Waals surface area contributed by atoms with Gasteiger partial charge in [0.25, 0.3) is 0 Å². The maximum Gasteiger partial charge on any atom is 0.459 e. The molecule has 0 bridgehead atoms. The fourth-order valence-electron chi connectivity index (χ4n) is 5.03. The van der Waals surface area contributed by atoms with Crippen molar-refractivity contribution in [3.63, 3.8) is 0 Å². The fraction of sp³-hybridized carbons (Fsp3) is 1.00. The van der Waals surface area contributed by atoms with E-state index < -0.39 is 23.9 Å². The summed E-state index contributed by atoms with van der Waals surface area (Å²) in [6, 6.07) is 0. The van der Waals surface area contributed by atoms with Crippen LogP contribution in [0.2, 0.25) is 0 Å². The van der Waals surface area contributed by atoms with E-state index in [1.165, 1.54) is 25.7 Å². The maximum absolute atomic E-state index is 13.9. The molecule has 2 aliphatic rings. The van der Waals surface area contributed by atoms with E-state index in [9.17, 15) is 30.7 Å². The smallest absolute Gasteiger partial charge is 0.199 e. The summed E-state index contributed by atoms with van der Waals surface area (Å²) in [6.07, 6.45) is 3.14. The average Bonchev–Trinajstić information content (AvgIpc) is 2.61. The average molecular weight is 404 g/mol. The Morgan fingerprint density at radius 3 is 1.59 bits per heavy atom. The molecule has 27 heavy (non-hydrogen) atoms. The molecule has 0 radical (unpaired) electrons. The first kappa shape index (κ1) is 22.8. The summed E-state index contributed by atoms with van der Waals surface area (Å²) in [6.45, 7) is 2.17. The Bertz CT molecular complexity index is 442. The summed E-state index contributed by atoms with van der Waals surface area (Å²) >= 11 is 0. The van der Waals surface area contributed by atoms with Gasteiger partial charge < -0.3 is 0 Å². The minimum Gasteiger partial charge on any atom is -0.199 e. The molecule has 0 heterocycles.